The molecule has 14 heavy (non-hydrogen) atoms. The van der Waals surface area contributed by atoms with E-state index in [-0.39, 0.29) is 6.42 Å². The summed E-state index contributed by atoms with van der Waals surface area (Å²) in [5.41, 5.74) is 0. The number of halogens is 1. The molecule has 0 saturated heterocycles. The predicted molar refractivity (Wildman–Crippen MR) is 44.1 cm³/mol. The fraction of sp³-hybridized carbons (Fsp3) is 0.889. The van der Waals surface area contributed by atoms with Gasteiger partial charge in [0.15, 0.2) is 0 Å². The largest absolute Gasteiger partial charge is 0.421 e. The second-order valence-electron chi connectivity index (χ2n) is 3.16. The van der Waals surface area contributed by atoms with Crippen molar-refractivity contribution in [3.8, 4) is 0 Å². The number of rotatable bonds is 8. The molecule has 0 rings (SSSR count). The summed E-state index contributed by atoms with van der Waals surface area (Å²) in [4.78, 5) is 10.7. The van der Waals surface area contributed by atoms with Crippen molar-refractivity contribution >= 4 is 5.97 Å². The molecule has 0 aromatic heterocycles. The number of carbonyl (C=O) groups excluding carboxylic acids is 1. The predicted octanol–water partition coefficient (Wildman–Crippen LogP) is 0.366. The van der Waals surface area contributed by atoms with Crippen LogP contribution in [0.5, 0.6) is 0 Å². The van der Waals surface area contributed by atoms with Gasteiger partial charge >= 0.3 is 16.8 Å². The zero-order valence-electron chi connectivity index (χ0n) is 8.46. The summed E-state index contributed by atoms with van der Waals surface area (Å²) in [5.74, 6) is -0.675. The summed E-state index contributed by atoms with van der Waals surface area (Å²) in [6.07, 6.45) is 6.52. The summed E-state index contributed by atoms with van der Waals surface area (Å²) >= 11 is 0. The van der Waals surface area contributed by atoms with Crippen molar-refractivity contribution in [1.82, 2.24) is 0 Å². The van der Waals surface area contributed by atoms with Gasteiger partial charge in [0, 0.05) is 0 Å². The maximum atomic E-state index is 10.7. The fourth-order valence-corrected chi connectivity index (χ4v) is 1.38. The fourth-order valence-electron chi connectivity index (χ4n) is 1.16. The molecule has 0 radical (unpaired) electrons. The summed E-state index contributed by atoms with van der Waals surface area (Å²) in [5, 5.41) is 0. The zero-order valence-corrected chi connectivity index (χ0v) is 9.22. The van der Waals surface area contributed by atoms with E-state index in [0.717, 1.165) is 12.8 Å². The number of carbonyl (C=O) groups is 1. The highest BCUT2D eigenvalue weighted by Crippen LogP contribution is 2.07. The SMILES string of the molecule is CCCCCCCCC(=O)O[Cl+2]([O-])[O-]. The lowest BCUT2D eigenvalue weighted by Crippen LogP contribution is -2.36. The Hall–Kier alpha value is -0.320. The normalized spacial score (nSPS) is 10.6. The van der Waals surface area contributed by atoms with Gasteiger partial charge in [0.2, 0.25) is 0 Å². The van der Waals surface area contributed by atoms with E-state index >= 15 is 0 Å². The van der Waals surface area contributed by atoms with Crippen molar-refractivity contribution in [1.29, 1.82) is 0 Å². The van der Waals surface area contributed by atoms with Crippen LogP contribution in [0.2, 0.25) is 0 Å². The highest BCUT2D eigenvalue weighted by molar-refractivity contribution is 5.68. The first-order chi connectivity index (χ1) is 6.66. The first-order valence-electron chi connectivity index (χ1n) is 4.93. The molecule has 0 fully saturated rings. The van der Waals surface area contributed by atoms with Gasteiger partial charge in [0.1, 0.15) is 0 Å². The molecular formula is C9H17ClO4. The second-order valence-corrected chi connectivity index (χ2v) is 3.69. The summed E-state index contributed by atoms with van der Waals surface area (Å²) in [6.45, 7) is 2.14. The van der Waals surface area contributed by atoms with Crippen molar-refractivity contribution in [2.24, 2.45) is 0 Å². The van der Waals surface area contributed by atoms with Crippen LogP contribution in [0.3, 0.4) is 0 Å². The molecule has 0 heterocycles. The maximum Gasteiger partial charge on any atom is 0.421 e. The van der Waals surface area contributed by atoms with E-state index in [2.05, 4.69) is 11.2 Å². The van der Waals surface area contributed by atoms with Gasteiger partial charge < -0.3 is 9.32 Å². The van der Waals surface area contributed by atoms with Gasteiger partial charge in [-0.25, -0.2) is 4.79 Å². The molecular weight excluding hydrogens is 208 g/mol. The van der Waals surface area contributed by atoms with Crippen molar-refractivity contribution < 1.29 is 29.2 Å². The summed E-state index contributed by atoms with van der Waals surface area (Å²) < 4.78 is 23.7. The van der Waals surface area contributed by atoms with Crippen LogP contribution in [-0.4, -0.2) is 5.97 Å². The lowest BCUT2D eigenvalue weighted by molar-refractivity contribution is -1.62. The van der Waals surface area contributed by atoms with Gasteiger partial charge in [-0.2, -0.15) is 0 Å². The van der Waals surface area contributed by atoms with E-state index in [0.29, 0.717) is 6.42 Å². The monoisotopic (exact) mass is 224 g/mol. The third-order valence-electron chi connectivity index (χ3n) is 1.88. The van der Waals surface area contributed by atoms with E-state index in [1.54, 1.807) is 0 Å². The van der Waals surface area contributed by atoms with Crippen LogP contribution in [0.25, 0.3) is 0 Å². The van der Waals surface area contributed by atoms with Crippen molar-refractivity contribution in [3.63, 3.8) is 0 Å². The Kier molecular flexibility index (Phi) is 9.03. The topological polar surface area (TPSA) is 72.4 Å². The standard InChI is InChI=1S/C9H17ClO4/c1-2-3-4-5-6-7-8-9(11)14-10(12)13/h2-8H2,1H3. The molecule has 0 aliphatic carbocycles. The smallest absolute Gasteiger partial charge is 0.307 e. The van der Waals surface area contributed by atoms with Gasteiger partial charge in [-0.3, -0.25) is 0 Å². The molecule has 0 saturated carbocycles. The Morgan fingerprint density at radius 2 is 1.71 bits per heavy atom. The van der Waals surface area contributed by atoms with Gasteiger partial charge in [-0.05, 0) is 6.42 Å². The Morgan fingerprint density at radius 1 is 1.14 bits per heavy atom. The maximum absolute atomic E-state index is 10.7. The van der Waals surface area contributed by atoms with Crippen molar-refractivity contribution in [2.45, 2.75) is 51.9 Å². The summed E-state index contributed by atoms with van der Waals surface area (Å²) in [6, 6.07) is 0. The Balaban J connectivity index is 3.15. The van der Waals surface area contributed by atoms with Crippen LogP contribution in [0.4, 0.5) is 0 Å². The molecule has 5 heteroatoms. The molecule has 0 aliphatic heterocycles. The number of unbranched alkanes of at least 4 members (excludes halogenated alkanes) is 5. The average molecular weight is 225 g/mol. The van der Waals surface area contributed by atoms with Crippen LogP contribution in [-0.2, 0) is 9.08 Å². The van der Waals surface area contributed by atoms with Gasteiger partial charge in [0.25, 0.3) is 0 Å². The van der Waals surface area contributed by atoms with Crippen LogP contribution >= 0.6 is 0 Å². The van der Waals surface area contributed by atoms with Crippen LogP contribution < -0.4 is 9.32 Å². The first kappa shape index (κ1) is 13.7. The number of hydrogen-bond acceptors (Lipinski definition) is 4. The third kappa shape index (κ3) is 9.77. The Bertz CT molecular complexity index is 150. The minimum absolute atomic E-state index is 0.185. The molecule has 0 spiro atoms. The highest BCUT2D eigenvalue weighted by Gasteiger charge is 2.16. The molecule has 0 amide bonds. The molecule has 0 bridgehead atoms. The van der Waals surface area contributed by atoms with E-state index in [9.17, 15) is 14.1 Å². The molecule has 0 atom stereocenters. The van der Waals surface area contributed by atoms with Crippen LogP contribution in [0, 0.1) is 10.8 Å². The quantitative estimate of drug-likeness (QED) is 0.559. The summed E-state index contributed by atoms with van der Waals surface area (Å²) in [7, 11) is -2.39. The van der Waals surface area contributed by atoms with E-state index in [1.807, 2.05) is 0 Å². The third-order valence-corrected chi connectivity index (χ3v) is 2.18. The average Bonchev–Trinajstić information content (AvgIpc) is 2.10. The van der Waals surface area contributed by atoms with Gasteiger partial charge in [-0.15, -0.1) is 0 Å². The minimum Gasteiger partial charge on any atom is -0.307 e. The van der Waals surface area contributed by atoms with E-state index in [1.165, 1.54) is 19.3 Å². The first-order valence-corrected chi connectivity index (χ1v) is 5.86. The van der Waals surface area contributed by atoms with Gasteiger partial charge in [0.05, 0.1) is 6.42 Å². The van der Waals surface area contributed by atoms with Crippen molar-refractivity contribution in [2.75, 3.05) is 0 Å². The Morgan fingerprint density at radius 3 is 2.29 bits per heavy atom. The molecule has 0 aliphatic rings. The van der Waals surface area contributed by atoms with Crippen LogP contribution in [0.15, 0.2) is 0 Å². The number of hydrogen-bond donors (Lipinski definition) is 0. The molecule has 0 aromatic carbocycles. The zero-order chi connectivity index (χ0) is 10.8. The Labute approximate surface area is 87.7 Å². The van der Waals surface area contributed by atoms with Gasteiger partial charge in [-0.1, -0.05) is 43.3 Å². The molecule has 0 unspecified atom stereocenters. The van der Waals surface area contributed by atoms with Crippen LogP contribution in [0.1, 0.15) is 51.9 Å². The second kappa shape index (κ2) is 9.24. The lowest BCUT2D eigenvalue weighted by atomic mass is 10.1. The molecule has 0 N–H and O–H groups in total. The van der Waals surface area contributed by atoms with Crippen molar-refractivity contribution in [3.05, 3.63) is 0 Å². The highest BCUT2D eigenvalue weighted by atomic mass is 35.6. The molecule has 4 nitrogen and oxygen atoms in total. The minimum atomic E-state index is -2.39. The molecule has 84 valence electrons. The van der Waals surface area contributed by atoms with E-state index < -0.39 is 16.8 Å². The van der Waals surface area contributed by atoms with E-state index in [4.69, 9.17) is 0 Å². The lowest BCUT2D eigenvalue weighted by Gasteiger charge is -1.98. The molecule has 0 aromatic rings.